The van der Waals surface area contributed by atoms with Crippen LogP contribution >= 0.6 is 0 Å². The summed E-state index contributed by atoms with van der Waals surface area (Å²) in [5, 5.41) is 0.219. The first-order valence-electron chi connectivity index (χ1n) is 10.1. The molecule has 1 unspecified atom stereocenters. The quantitative estimate of drug-likeness (QED) is 0.708. The maximum atomic E-state index is 14.7. The number of aromatic nitrogens is 1. The molecule has 1 aromatic carbocycles. The number of halogens is 1. The highest BCUT2D eigenvalue weighted by Gasteiger charge is 2.36. The lowest BCUT2D eigenvalue weighted by atomic mass is 10.1. The number of ether oxygens (including phenoxy) is 2. The molecule has 0 bridgehead atoms. The van der Waals surface area contributed by atoms with Gasteiger partial charge in [-0.25, -0.2) is 22.6 Å². The lowest BCUT2D eigenvalue weighted by molar-refractivity contribution is 0.0244. The molecule has 3 rings (SSSR count). The van der Waals surface area contributed by atoms with E-state index in [-0.39, 0.29) is 34.6 Å². The number of hydrogen-bond acceptors (Lipinski definition) is 6. The highest BCUT2D eigenvalue weighted by molar-refractivity contribution is 7.89. The van der Waals surface area contributed by atoms with Crippen LogP contribution in [0.1, 0.15) is 34.1 Å². The number of rotatable bonds is 3. The van der Waals surface area contributed by atoms with Gasteiger partial charge in [0, 0.05) is 36.4 Å². The van der Waals surface area contributed by atoms with Crippen molar-refractivity contribution in [3.05, 3.63) is 30.2 Å². The van der Waals surface area contributed by atoms with Gasteiger partial charge in [0.1, 0.15) is 5.60 Å². The van der Waals surface area contributed by atoms with Gasteiger partial charge in [-0.1, -0.05) is 6.07 Å². The second-order valence-corrected chi connectivity index (χ2v) is 10.4. The van der Waals surface area contributed by atoms with Crippen molar-refractivity contribution in [3.63, 3.8) is 0 Å². The van der Waals surface area contributed by atoms with Crippen LogP contribution in [-0.2, 0) is 14.8 Å². The Balaban J connectivity index is 1.97. The molecular formula is C21H28FN3O5S. The van der Waals surface area contributed by atoms with Gasteiger partial charge < -0.3 is 14.4 Å². The number of benzene rings is 1. The van der Waals surface area contributed by atoms with E-state index < -0.39 is 33.6 Å². The van der Waals surface area contributed by atoms with Crippen molar-refractivity contribution in [2.45, 2.75) is 50.7 Å². The van der Waals surface area contributed by atoms with Gasteiger partial charge in [-0.05, 0) is 46.2 Å². The molecule has 170 valence electrons. The Morgan fingerprint density at radius 2 is 1.97 bits per heavy atom. The molecule has 2 heterocycles. The molecule has 0 aliphatic carbocycles. The van der Waals surface area contributed by atoms with E-state index in [2.05, 4.69) is 4.98 Å². The molecule has 0 spiro atoms. The molecular weight excluding hydrogens is 425 g/mol. The summed E-state index contributed by atoms with van der Waals surface area (Å²) in [6.45, 7) is 7.80. The molecule has 1 saturated heterocycles. The Kier molecular flexibility index (Phi) is 6.43. The molecule has 0 N–H and O–H groups in total. The smallest absolute Gasteiger partial charge is 0.410 e. The van der Waals surface area contributed by atoms with Crippen LogP contribution in [0.4, 0.5) is 9.18 Å². The lowest BCUT2D eigenvalue weighted by Crippen LogP contribution is -2.45. The number of carbonyl (C=O) groups excluding carboxylic acids is 1. The molecule has 2 aromatic rings. The SMILES string of the molecule is COc1ncc(F)c2c(S(=O)(=O)N3CCCN(C(=O)OC(C)(C)C)CC3C)cccc12. The van der Waals surface area contributed by atoms with E-state index in [1.54, 1.807) is 33.8 Å². The second-order valence-electron chi connectivity index (χ2n) is 8.54. The van der Waals surface area contributed by atoms with Crippen molar-refractivity contribution in [2.75, 3.05) is 26.7 Å². The minimum absolute atomic E-state index is 0.0604. The summed E-state index contributed by atoms with van der Waals surface area (Å²) in [4.78, 5) is 17.7. The molecule has 1 aliphatic heterocycles. The summed E-state index contributed by atoms with van der Waals surface area (Å²) < 4.78 is 53.8. The van der Waals surface area contributed by atoms with Gasteiger partial charge in [0.05, 0.1) is 18.2 Å². The zero-order chi connectivity index (χ0) is 23.0. The van der Waals surface area contributed by atoms with Gasteiger partial charge in [0.2, 0.25) is 15.9 Å². The fraction of sp³-hybridized carbons (Fsp3) is 0.524. The van der Waals surface area contributed by atoms with Crippen LogP contribution in [0, 0.1) is 5.82 Å². The maximum absolute atomic E-state index is 14.7. The first kappa shape index (κ1) is 23.2. The third-order valence-corrected chi connectivity index (χ3v) is 7.06. The van der Waals surface area contributed by atoms with Crippen molar-refractivity contribution in [3.8, 4) is 5.88 Å². The van der Waals surface area contributed by atoms with E-state index in [0.717, 1.165) is 6.20 Å². The summed E-state index contributed by atoms with van der Waals surface area (Å²) in [5.41, 5.74) is -0.647. The Bertz CT molecular complexity index is 1080. The molecule has 1 amide bonds. The van der Waals surface area contributed by atoms with E-state index in [4.69, 9.17) is 9.47 Å². The second kappa shape index (κ2) is 8.58. The number of nitrogens with zero attached hydrogens (tertiary/aromatic N) is 3. The molecule has 0 radical (unpaired) electrons. The standard InChI is InChI=1S/C21H28FN3O5S/c1-14-13-24(20(26)30-21(2,3)4)10-7-11-25(14)31(27,28)17-9-6-8-15-18(17)16(22)12-23-19(15)29-5/h6,8-9,12,14H,7,10-11,13H2,1-5H3. The van der Waals surface area contributed by atoms with Crippen molar-refractivity contribution >= 4 is 26.9 Å². The van der Waals surface area contributed by atoms with Gasteiger partial charge in [-0.2, -0.15) is 4.31 Å². The first-order valence-corrected chi connectivity index (χ1v) is 11.5. The summed E-state index contributed by atoms with van der Waals surface area (Å²) in [6, 6.07) is 3.96. The zero-order valence-electron chi connectivity index (χ0n) is 18.4. The van der Waals surface area contributed by atoms with Gasteiger partial charge in [-0.3, -0.25) is 0 Å². The number of hydrogen-bond donors (Lipinski definition) is 0. The van der Waals surface area contributed by atoms with E-state index >= 15 is 0 Å². The van der Waals surface area contributed by atoms with Gasteiger partial charge in [0.25, 0.3) is 0 Å². The van der Waals surface area contributed by atoms with Crippen LogP contribution in [-0.4, -0.2) is 67.1 Å². The lowest BCUT2D eigenvalue weighted by Gasteiger charge is -2.30. The molecule has 8 nitrogen and oxygen atoms in total. The number of carbonyl (C=O) groups is 1. The van der Waals surface area contributed by atoms with E-state index in [1.165, 1.54) is 28.4 Å². The minimum atomic E-state index is -4.06. The van der Waals surface area contributed by atoms with Crippen molar-refractivity contribution in [1.29, 1.82) is 0 Å². The Morgan fingerprint density at radius 1 is 1.26 bits per heavy atom. The van der Waals surface area contributed by atoms with Crippen molar-refractivity contribution < 1.29 is 27.1 Å². The number of fused-ring (bicyclic) bond motifs is 1. The van der Waals surface area contributed by atoms with E-state index in [1.807, 2.05) is 0 Å². The van der Waals surface area contributed by atoms with Gasteiger partial charge in [0.15, 0.2) is 5.82 Å². The number of sulfonamides is 1. The van der Waals surface area contributed by atoms with E-state index in [9.17, 15) is 17.6 Å². The zero-order valence-corrected chi connectivity index (χ0v) is 19.2. The highest BCUT2D eigenvalue weighted by atomic mass is 32.2. The molecule has 1 aliphatic rings. The minimum Gasteiger partial charge on any atom is -0.481 e. The van der Waals surface area contributed by atoms with Crippen LogP contribution < -0.4 is 4.74 Å². The molecule has 0 saturated carbocycles. The third-order valence-electron chi connectivity index (χ3n) is 5.01. The van der Waals surface area contributed by atoms with Crippen LogP contribution in [0.25, 0.3) is 10.8 Å². The topological polar surface area (TPSA) is 89.0 Å². The summed E-state index contributed by atoms with van der Waals surface area (Å²) in [6.07, 6.45) is 0.905. The van der Waals surface area contributed by atoms with E-state index in [0.29, 0.717) is 13.0 Å². The molecule has 10 heteroatoms. The first-order chi connectivity index (χ1) is 14.5. The molecule has 1 fully saturated rings. The fourth-order valence-electron chi connectivity index (χ4n) is 3.70. The summed E-state index contributed by atoms with van der Waals surface area (Å²) in [7, 11) is -2.67. The fourth-order valence-corrected chi connectivity index (χ4v) is 5.58. The van der Waals surface area contributed by atoms with Crippen molar-refractivity contribution in [1.82, 2.24) is 14.2 Å². The average molecular weight is 454 g/mol. The van der Waals surface area contributed by atoms with Crippen LogP contribution in [0.3, 0.4) is 0 Å². The van der Waals surface area contributed by atoms with Crippen LogP contribution in [0.5, 0.6) is 5.88 Å². The van der Waals surface area contributed by atoms with Gasteiger partial charge >= 0.3 is 6.09 Å². The normalized spacial score (nSPS) is 18.6. The van der Waals surface area contributed by atoms with Gasteiger partial charge in [-0.15, -0.1) is 0 Å². The van der Waals surface area contributed by atoms with Crippen molar-refractivity contribution in [2.24, 2.45) is 0 Å². The maximum Gasteiger partial charge on any atom is 0.410 e. The Hall–Kier alpha value is -2.46. The monoisotopic (exact) mass is 453 g/mol. The largest absolute Gasteiger partial charge is 0.481 e. The number of methoxy groups -OCH3 is 1. The molecule has 31 heavy (non-hydrogen) atoms. The van der Waals surface area contributed by atoms with Crippen LogP contribution in [0.15, 0.2) is 29.3 Å². The average Bonchev–Trinajstić information content (AvgIpc) is 2.89. The number of pyridine rings is 1. The summed E-state index contributed by atoms with van der Waals surface area (Å²) >= 11 is 0. The third kappa shape index (κ3) is 4.74. The molecule has 1 aromatic heterocycles. The predicted molar refractivity (Wildman–Crippen MR) is 114 cm³/mol. The highest BCUT2D eigenvalue weighted by Crippen LogP contribution is 2.33. The Morgan fingerprint density at radius 3 is 2.61 bits per heavy atom. The molecule has 1 atom stereocenters. The van der Waals surface area contributed by atoms with Crippen LogP contribution in [0.2, 0.25) is 0 Å². The predicted octanol–water partition coefficient (Wildman–Crippen LogP) is 3.40. The Labute approximate surface area is 182 Å². The summed E-state index contributed by atoms with van der Waals surface area (Å²) in [5.74, 6) is -0.596. The number of amides is 1.